The van der Waals surface area contributed by atoms with Gasteiger partial charge in [-0.15, -0.1) is 3.97 Å². The predicted octanol–water partition coefficient (Wildman–Crippen LogP) is 3.69. The lowest BCUT2D eigenvalue weighted by Crippen LogP contribution is -2.45. The molecule has 0 saturated heterocycles. The maximum absolute atomic E-state index is 13.4. The summed E-state index contributed by atoms with van der Waals surface area (Å²) < 4.78 is 32.5. The number of amides is 1. The number of anilines is 1. The van der Waals surface area contributed by atoms with Crippen LogP contribution in [0.4, 0.5) is 5.69 Å². The number of hydrogen-bond acceptors (Lipinski definition) is 7. The zero-order valence-corrected chi connectivity index (χ0v) is 22.3. The van der Waals surface area contributed by atoms with Crippen LogP contribution in [0.15, 0.2) is 93.9 Å². The molecule has 0 fully saturated rings. The summed E-state index contributed by atoms with van der Waals surface area (Å²) in [7, 11) is -4.66. The number of benzene rings is 3. The molecule has 0 aliphatic carbocycles. The Bertz CT molecular complexity index is 1830. The Kier molecular flexibility index (Phi) is 8.05. The molecule has 1 amide bonds. The van der Waals surface area contributed by atoms with Crippen LogP contribution in [0.5, 0.6) is 0 Å². The number of halogens is 2. The first kappa shape index (κ1) is 27.8. The van der Waals surface area contributed by atoms with Gasteiger partial charge < -0.3 is 10.1 Å². The number of nitrogens with zero attached hydrogens (tertiary/aromatic N) is 2. The minimum atomic E-state index is -4.66. The molecule has 0 atom stereocenters. The standard InChI is InChI=1S/C26H19Cl2N3O7S/c1-2-13-38-25(34)16-3-8-19(9-4-16)29-23(32)15-30-22-14-18(28)7-12-21(22)24(33)31(26(30)35)39(36,37)20-10-5-17(27)6-11-20/h2-12,14H,1,13,15H2,(H,29,32). The van der Waals surface area contributed by atoms with Gasteiger partial charge in [0.05, 0.1) is 21.4 Å². The molecule has 3 aromatic carbocycles. The molecule has 4 aromatic rings. The quantitative estimate of drug-likeness (QED) is 0.245. The van der Waals surface area contributed by atoms with Crippen LogP contribution in [0.1, 0.15) is 10.4 Å². The highest BCUT2D eigenvalue weighted by Gasteiger charge is 2.26. The summed E-state index contributed by atoms with van der Waals surface area (Å²) in [5.74, 6) is -1.29. The largest absolute Gasteiger partial charge is 0.458 e. The topological polar surface area (TPSA) is 134 Å². The Morgan fingerprint density at radius 2 is 1.59 bits per heavy atom. The van der Waals surface area contributed by atoms with Crippen LogP contribution in [0.2, 0.25) is 10.0 Å². The highest BCUT2D eigenvalue weighted by Crippen LogP contribution is 2.19. The molecule has 1 heterocycles. The molecule has 0 bridgehead atoms. The molecule has 0 unspecified atom stereocenters. The second-order valence-electron chi connectivity index (χ2n) is 8.07. The second kappa shape index (κ2) is 11.3. The number of carbonyl (C=O) groups excluding carboxylic acids is 2. The minimum absolute atomic E-state index is 0.0319. The average molecular weight is 588 g/mol. The third kappa shape index (κ3) is 5.80. The molecule has 39 heavy (non-hydrogen) atoms. The highest BCUT2D eigenvalue weighted by atomic mass is 35.5. The van der Waals surface area contributed by atoms with E-state index >= 15 is 0 Å². The van der Waals surface area contributed by atoms with E-state index in [1.807, 2.05) is 0 Å². The van der Waals surface area contributed by atoms with Gasteiger partial charge in [-0.3, -0.25) is 14.2 Å². The number of fused-ring (bicyclic) bond motifs is 1. The van der Waals surface area contributed by atoms with Crippen LogP contribution >= 0.6 is 23.2 Å². The molecule has 0 aliphatic rings. The summed E-state index contributed by atoms with van der Waals surface area (Å²) in [5.41, 5.74) is -1.86. The lowest BCUT2D eigenvalue weighted by molar-refractivity contribution is -0.116. The molecule has 200 valence electrons. The highest BCUT2D eigenvalue weighted by molar-refractivity contribution is 7.90. The van der Waals surface area contributed by atoms with E-state index in [4.69, 9.17) is 27.9 Å². The van der Waals surface area contributed by atoms with Gasteiger partial charge in [0.2, 0.25) is 5.91 Å². The van der Waals surface area contributed by atoms with Crippen LogP contribution in [0, 0.1) is 0 Å². The Morgan fingerprint density at radius 1 is 0.949 bits per heavy atom. The number of carbonyl (C=O) groups is 2. The number of aromatic nitrogens is 2. The van der Waals surface area contributed by atoms with Gasteiger partial charge in [-0.25, -0.2) is 18.0 Å². The first-order valence-electron chi connectivity index (χ1n) is 11.2. The molecule has 1 N–H and O–H groups in total. The molecule has 4 rings (SSSR count). The number of esters is 1. The monoisotopic (exact) mass is 587 g/mol. The van der Waals surface area contributed by atoms with E-state index in [2.05, 4.69) is 11.9 Å². The molecule has 0 spiro atoms. The smallest absolute Gasteiger partial charge is 0.346 e. The minimum Gasteiger partial charge on any atom is -0.458 e. The van der Waals surface area contributed by atoms with E-state index in [-0.39, 0.29) is 47.7 Å². The average Bonchev–Trinajstić information content (AvgIpc) is 2.90. The number of nitrogens with one attached hydrogen (secondary N) is 1. The summed E-state index contributed by atoms with van der Waals surface area (Å²) >= 11 is 11.9. The maximum Gasteiger partial charge on any atom is 0.346 e. The third-order valence-electron chi connectivity index (χ3n) is 5.46. The molecule has 0 aliphatic heterocycles. The first-order chi connectivity index (χ1) is 18.5. The van der Waals surface area contributed by atoms with Crippen molar-refractivity contribution in [1.82, 2.24) is 8.54 Å². The zero-order chi connectivity index (χ0) is 28.3. The SMILES string of the molecule is C=CCOC(=O)c1ccc(NC(=O)Cn2c(=O)n(S(=O)(=O)c3ccc(Cl)cc3)c(=O)c3ccc(Cl)cc32)cc1. The van der Waals surface area contributed by atoms with Crippen molar-refractivity contribution in [3.63, 3.8) is 0 Å². The summed E-state index contributed by atoms with van der Waals surface area (Å²) in [4.78, 5) is 51.1. The van der Waals surface area contributed by atoms with Crippen molar-refractivity contribution in [1.29, 1.82) is 0 Å². The van der Waals surface area contributed by atoms with Crippen molar-refractivity contribution < 1.29 is 22.7 Å². The molecule has 0 saturated carbocycles. The molecule has 1 aromatic heterocycles. The number of hydrogen-bond donors (Lipinski definition) is 1. The molecular weight excluding hydrogens is 569 g/mol. The van der Waals surface area contributed by atoms with Gasteiger partial charge in [-0.2, -0.15) is 0 Å². The summed E-state index contributed by atoms with van der Waals surface area (Å²) in [6.07, 6.45) is 1.43. The van der Waals surface area contributed by atoms with Crippen molar-refractivity contribution in [2.24, 2.45) is 0 Å². The molecule has 0 radical (unpaired) electrons. The third-order valence-corrected chi connectivity index (χ3v) is 7.62. The van der Waals surface area contributed by atoms with Crippen molar-refractivity contribution in [3.05, 3.63) is 116 Å². The van der Waals surface area contributed by atoms with E-state index in [1.54, 1.807) is 0 Å². The molecule has 10 nitrogen and oxygen atoms in total. The van der Waals surface area contributed by atoms with Gasteiger partial charge >= 0.3 is 11.7 Å². The van der Waals surface area contributed by atoms with Gasteiger partial charge in [0, 0.05) is 15.7 Å². The van der Waals surface area contributed by atoms with Gasteiger partial charge in [0.25, 0.3) is 15.6 Å². The van der Waals surface area contributed by atoms with Crippen LogP contribution in [0.3, 0.4) is 0 Å². The number of rotatable bonds is 8. The van der Waals surface area contributed by atoms with Crippen LogP contribution in [-0.4, -0.2) is 35.4 Å². The fraction of sp³-hybridized carbons (Fsp3) is 0.0769. The Balaban J connectivity index is 1.73. The van der Waals surface area contributed by atoms with Crippen molar-refractivity contribution in [2.45, 2.75) is 11.4 Å². The first-order valence-corrected chi connectivity index (χ1v) is 13.4. The predicted molar refractivity (Wildman–Crippen MR) is 147 cm³/mol. The normalized spacial score (nSPS) is 11.2. The van der Waals surface area contributed by atoms with Crippen LogP contribution in [0.25, 0.3) is 10.9 Å². The summed E-state index contributed by atoms with van der Waals surface area (Å²) in [6, 6.07) is 14.6. The summed E-state index contributed by atoms with van der Waals surface area (Å²) in [5, 5.41) is 2.83. The fourth-order valence-corrected chi connectivity index (χ4v) is 5.25. The fourth-order valence-electron chi connectivity index (χ4n) is 3.65. The van der Waals surface area contributed by atoms with E-state index in [1.165, 1.54) is 60.7 Å². The van der Waals surface area contributed by atoms with E-state index in [0.29, 0.717) is 0 Å². The summed E-state index contributed by atoms with van der Waals surface area (Å²) in [6.45, 7) is 2.85. The maximum atomic E-state index is 13.4. The van der Waals surface area contributed by atoms with E-state index in [0.717, 1.165) is 16.7 Å². The Labute approximate surface area is 231 Å². The molecular formula is C26H19Cl2N3O7S. The van der Waals surface area contributed by atoms with Gasteiger partial charge in [-0.05, 0) is 66.7 Å². The van der Waals surface area contributed by atoms with E-state index in [9.17, 15) is 27.6 Å². The zero-order valence-electron chi connectivity index (χ0n) is 20.0. The Morgan fingerprint density at radius 3 is 2.23 bits per heavy atom. The van der Waals surface area contributed by atoms with Crippen molar-refractivity contribution >= 4 is 61.7 Å². The second-order valence-corrected chi connectivity index (χ2v) is 10.7. The Hall–Kier alpha value is -4.19. The van der Waals surface area contributed by atoms with Gasteiger partial charge in [0.15, 0.2) is 0 Å². The number of ether oxygens (including phenoxy) is 1. The lowest BCUT2D eigenvalue weighted by atomic mass is 10.2. The van der Waals surface area contributed by atoms with Crippen LogP contribution in [-0.2, 0) is 26.1 Å². The van der Waals surface area contributed by atoms with Gasteiger partial charge in [-0.1, -0.05) is 35.9 Å². The van der Waals surface area contributed by atoms with Crippen molar-refractivity contribution in [2.75, 3.05) is 11.9 Å². The van der Waals surface area contributed by atoms with Gasteiger partial charge in [0.1, 0.15) is 13.2 Å². The molecule has 13 heteroatoms. The van der Waals surface area contributed by atoms with Crippen LogP contribution < -0.4 is 16.6 Å². The van der Waals surface area contributed by atoms with E-state index < -0.39 is 39.7 Å². The van der Waals surface area contributed by atoms with Crippen molar-refractivity contribution in [3.8, 4) is 0 Å². The lowest BCUT2D eigenvalue weighted by Gasteiger charge is -2.15.